The van der Waals surface area contributed by atoms with Crippen LogP contribution in [0.4, 0.5) is 0 Å². The van der Waals surface area contributed by atoms with Gasteiger partial charge in [-0.15, -0.1) is 0 Å². The van der Waals surface area contributed by atoms with Crippen molar-refractivity contribution in [2.45, 2.75) is 64.8 Å². The average molecular weight is 285 g/mol. The van der Waals surface area contributed by atoms with Crippen molar-refractivity contribution in [2.24, 2.45) is 17.8 Å². The Bertz CT molecular complexity index is 437. The molecule has 1 aromatic carbocycles. The maximum absolute atomic E-state index is 3.78. The van der Waals surface area contributed by atoms with E-state index in [0.717, 1.165) is 24.3 Å². The van der Waals surface area contributed by atoms with Gasteiger partial charge in [0.2, 0.25) is 0 Å². The number of nitrogens with one attached hydrogen (secondary N) is 1. The summed E-state index contributed by atoms with van der Waals surface area (Å²) in [5, 5.41) is 3.78. The smallest absolute Gasteiger partial charge is 0.0354 e. The van der Waals surface area contributed by atoms with Crippen LogP contribution >= 0.6 is 0 Å². The highest BCUT2D eigenvalue weighted by atomic mass is 14.9. The minimum absolute atomic E-state index is 0.592. The van der Waals surface area contributed by atoms with Gasteiger partial charge in [0.1, 0.15) is 0 Å². The van der Waals surface area contributed by atoms with Crippen molar-refractivity contribution in [1.82, 2.24) is 5.32 Å². The molecule has 1 aromatic rings. The highest BCUT2D eigenvalue weighted by Crippen LogP contribution is 2.60. The summed E-state index contributed by atoms with van der Waals surface area (Å²) in [6.45, 7) is 7.92. The highest BCUT2D eigenvalue weighted by Gasteiger charge is 2.54. The predicted molar refractivity (Wildman–Crippen MR) is 90.5 cm³/mol. The van der Waals surface area contributed by atoms with E-state index in [-0.39, 0.29) is 0 Å². The second-order valence-electron chi connectivity index (χ2n) is 7.20. The molecule has 2 aliphatic rings. The fourth-order valence-corrected chi connectivity index (χ4v) is 4.51. The van der Waals surface area contributed by atoms with Crippen LogP contribution in [0.1, 0.15) is 76.0 Å². The number of rotatable bonds is 6. The first-order valence-corrected chi connectivity index (χ1v) is 9.09. The third kappa shape index (κ3) is 3.04. The minimum atomic E-state index is 0.592. The molecule has 3 rings (SSSR count). The Kier molecular flexibility index (Phi) is 4.69. The fraction of sp³-hybridized carbons (Fsp3) is 0.700. The quantitative estimate of drug-likeness (QED) is 0.749. The van der Waals surface area contributed by atoms with Gasteiger partial charge in [0.15, 0.2) is 0 Å². The molecule has 2 aliphatic carbocycles. The Morgan fingerprint density at radius 3 is 2.10 bits per heavy atom. The number of hydrogen-bond acceptors (Lipinski definition) is 1. The summed E-state index contributed by atoms with van der Waals surface area (Å²) in [6.07, 6.45) is 7.10. The summed E-state index contributed by atoms with van der Waals surface area (Å²) in [5.41, 5.74) is 3.01. The summed E-state index contributed by atoms with van der Waals surface area (Å²) in [4.78, 5) is 0. The van der Waals surface area contributed by atoms with Crippen LogP contribution < -0.4 is 5.32 Å². The maximum Gasteiger partial charge on any atom is 0.0354 e. The van der Waals surface area contributed by atoms with E-state index in [1.54, 1.807) is 0 Å². The molecule has 4 unspecified atom stereocenters. The number of benzene rings is 1. The van der Waals surface area contributed by atoms with E-state index in [1.165, 1.54) is 43.2 Å². The molecule has 21 heavy (non-hydrogen) atoms. The molecule has 0 aromatic heterocycles. The van der Waals surface area contributed by atoms with Crippen LogP contribution in [0.5, 0.6) is 0 Å². The Morgan fingerprint density at radius 2 is 1.57 bits per heavy atom. The normalized spacial score (nSPS) is 30.5. The van der Waals surface area contributed by atoms with Gasteiger partial charge in [0, 0.05) is 6.04 Å². The Balaban J connectivity index is 1.75. The molecule has 0 bridgehead atoms. The first kappa shape index (κ1) is 15.1. The lowest BCUT2D eigenvalue weighted by Gasteiger charge is -2.20. The van der Waals surface area contributed by atoms with Crippen LogP contribution in [0, 0.1) is 17.8 Å². The number of hydrogen-bond donors (Lipinski definition) is 1. The van der Waals surface area contributed by atoms with Gasteiger partial charge in [-0.1, -0.05) is 57.9 Å². The van der Waals surface area contributed by atoms with Gasteiger partial charge in [0.05, 0.1) is 0 Å². The minimum Gasteiger partial charge on any atom is -0.310 e. The molecule has 1 N–H and O–H groups in total. The Hall–Kier alpha value is -0.820. The molecule has 1 nitrogen and oxygen atoms in total. The van der Waals surface area contributed by atoms with Crippen molar-refractivity contribution in [3.63, 3.8) is 0 Å². The van der Waals surface area contributed by atoms with Gasteiger partial charge in [-0.3, -0.25) is 0 Å². The van der Waals surface area contributed by atoms with Gasteiger partial charge < -0.3 is 5.32 Å². The Morgan fingerprint density at radius 1 is 1.00 bits per heavy atom. The van der Waals surface area contributed by atoms with Crippen molar-refractivity contribution in [2.75, 3.05) is 6.54 Å². The molecule has 0 aliphatic heterocycles. The van der Waals surface area contributed by atoms with E-state index in [0.29, 0.717) is 12.0 Å². The zero-order valence-corrected chi connectivity index (χ0v) is 13.9. The fourth-order valence-electron chi connectivity index (χ4n) is 4.51. The monoisotopic (exact) mass is 285 g/mol. The first-order chi connectivity index (χ1) is 10.3. The van der Waals surface area contributed by atoms with E-state index in [1.807, 2.05) is 0 Å². The van der Waals surface area contributed by atoms with Gasteiger partial charge in [-0.05, 0) is 60.6 Å². The molecule has 1 heteroatoms. The molecule has 2 fully saturated rings. The standard InChI is InChI=1S/C20H31N/c1-4-14(3)15-10-12-16(13-11-15)20(21-5-2)19-17-8-6-7-9-18(17)19/h10-14,17-21H,4-9H2,1-3H3. The van der Waals surface area contributed by atoms with Crippen LogP contribution in [0.25, 0.3) is 0 Å². The van der Waals surface area contributed by atoms with Gasteiger partial charge >= 0.3 is 0 Å². The Labute approximate surface area is 130 Å². The zero-order valence-electron chi connectivity index (χ0n) is 13.9. The lowest BCUT2D eigenvalue weighted by Crippen LogP contribution is -2.23. The summed E-state index contributed by atoms with van der Waals surface area (Å²) in [7, 11) is 0. The molecule has 4 atom stereocenters. The van der Waals surface area contributed by atoms with Crippen molar-refractivity contribution in [1.29, 1.82) is 0 Å². The van der Waals surface area contributed by atoms with Crippen molar-refractivity contribution in [3.05, 3.63) is 35.4 Å². The molecule has 0 spiro atoms. The van der Waals surface area contributed by atoms with Gasteiger partial charge in [-0.25, -0.2) is 0 Å². The second-order valence-corrected chi connectivity index (χ2v) is 7.20. The highest BCUT2D eigenvalue weighted by molar-refractivity contribution is 5.29. The molecular formula is C20H31N. The average Bonchev–Trinajstić information content (AvgIpc) is 3.26. The van der Waals surface area contributed by atoms with E-state index in [2.05, 4.69) is 50.4 Å². The second kappa shape index (κ2) is 6.52. The third-order valence-corrected chi connectivity index (χ3v) is 6.01. The molecule has 2 saturated carbocycles. The molecule has 116 valence electrons. The van der Waals surface area contributed by atoms with Crippen LogP contribution in [0.15, 0.2) is 24.3 Å². The van der Waals surface area contributed by atoms with Crippen molar-refractivity contribution < 1.29 is 0 Å². The molecular weight excluding hydrogens is 254 g/mol. The predicted octanol–water partition coefficient (Wildman–Crippen LogP) is 5.29. The summed E-state index contributed by atoms with van der Waals surface area (Å²) in [6, 6.07) is 10.1. The SMILES string of the molecule is CCNC(c1ccc(C(C)CC)cc1)C1C2CCCCC21. The largest absolute Gasteiger partial charge is 0.310 e. The van der Waals surface area contributed by atoms with E-state index in [9.17, 15) is 0 Å². The summed E-state index contributed by atoms with van der Waals surface area (Å²) >= 11 is 0. The topological polar surface area (TPSA) is 12.0 Å². The number of fused-ring (bicyclic) bond motifs is 1. The van der Waals surface area contributed by atoms with Crippen LogP contribution in [-0.2, 0) is 0 Å². The van der Waals surface area contributed by atoms with Gasteiger partial charge in [0.25, 0.3) is 0 Å². The molecule has 0 radical (unpaired) electrons. The van der Waals surface area contributed by atoms with Crippen LogP contribution in [0.2, 0.25) is 0 Å². The molecule has 0 heterocycles. The van der Waals surface area contributed by atoms with Crippen LogP contribution in [-0.4, -0.2) is 6.54 Å². The summed E-state index contributed by atoms with van der Waals surface area (Å²) in [5.74, 6) is 3.61. The lowest BCUT2D eigenvalue weighted by atomic mass is 9.94. The lowest BCUT2D eigenvalue weighted by molar-refractivity contribution is 0.456. The van der Waals surface area contributed by atoms with Crippen molar-refractivity contribution in [3.8, 4) is 0 Å². The van der Waals surface area contributed by atoms with Crippen molar-refractivity contribution >= 4 is 0 Å². The third-order valence-electron chi connectivity index (χ3n) is 6.01. The summed E-state index contributed by atoms with van der Waals surface area (Å²) < 4.78 is 0. The van der Waals surface area contributed by atoms with Gasteiger partial charge in [-0.2, -0.15) is 0 Å². The van der Waals surface area contributed by atoms with E-state index >= 15 is 0 Å². The first-order valence-electron chi connectivity index (χ1n) is 9.09. The van der Waals surface area contributed by atoms with E-state index < -0.39 is 0 Å². The molecule has 0 amide bonds. The van der Waals surface area contributed by atoms with Crippen LogP contribution in [0.3, 0.4) is 0 Å². The maximum atomic E-state index is 3.78. The zero-order chi connectivity index (χ0) is 14.8. The van der Waals surface area contributed by atoms with E-state index in [4.69, 9.17) is 0 Å². The molecule has 0 saturated heterocycles.